The molecule has 2 rings (SSSR count). The van der Waals surface area contributed by atoms with Crippen LogP contribution in [0.25, 0.3) is 0 Å². The first-order valence-electron chi connectivity index (χ1n) is 7.01. The first-order valence-corrected chi connectivity index (χ1v) is 7.01. The van der Waals surface area contributed by atoms with Gasteiger partial charge >= 0.3 is 0 Å². The number of nitrogens with zero attached hydrogens (tertiary/aromatic N) is 1. The van der Waals surface area contributed by atoms with Crippen LogP contribution in [0.2, 0.25) is 0 Å². The molecule has 2 fully saturated rings. The lowest BCUT2D eigenvalue weighted by atomic mass is 9.73. The van der Waals surface area contributed by atoms with E-state index in [0.717, 1.165) is 18.4 Å². The smallest absolute Gasteiger partial charge is 0.00223 e. The molecule has 102 valence electrons. The maximum atomic E-state index is 5.74. The topological polar surface area (TPSA) is 29.3 Å². The summed E-state index contributed by atoms with van der Waals surface area (Å²) in [5.41, 5.74) is 6.35. The van der Waals surface area contributed by atoms with E-state index in [4.69, 9.17) is 5.73 Å². The average molecular weight is 261 g/mol. The van der Waals surface area contributed by atoms with Crippen LogP contribution < -0.4 is 5.73 Å². The van der Waals surface area contributed by atoms with Crippen LogP contribution in [0.3, 0.4) is 0 Å². The molecule has 1 saturated heterocycles. The summed E-state index contributed by atoms with van der Waals surface area (Å²) in [5, 5.41) is 0. The van der Waals surface area contributed by atoms with Gasteiger partial charge in [0.05, 0.1) is 0 Å². The van der Waals surface area contributed by atoms with E-state index >= 15 is 0 Å². The molecule has 1 aliphatic heterocycles. The Morgan fingerprint density at radius 1 is 1.12 bits per heavy atom. The van der Waals surface area contributed by atoms with Gasteiger partial charge in [-0.3, -0.25) is 0 Å². The zero-order valence-corrected chi connectivity index (χ0v) is 12.3. The summed E-state index contributed by atoms with van der Waals surface area (Å²) in [7, 11) is 0. The summed E-state index contributed by atoms with van der Waals surface area (Å²) in [6, 6.07) is 0. The predicted octanol–water partition coefficient (Wildman–Crippen LogP) is 2.91. The lowest BCUT2D eigenvalue weighted by Gasteiger charge is -2.36. The van der Waals surface area contributed by atoms with Crippen molar-refractivity contribution in [1.82, 2.24) is 4.90 Å². The Bertz CT molecular complexity index is 220. The molecule has 1 unspecified atom stereocenters. The van der Waals surface area contributed by atoms with Gasteiger partial charge in [-0.15, -0.1) is 12.4 Å². The highest BCUT2D eigenvalue weighted by Crippen LogP contribution is 2.38. The SMILES string of the molecule is CC1(C)CCC(CN2CCC(CN)C2)CC1.Cl. The first kappa shape index (κ1) is 15.3. The van der Waals surface area contributed by atoms with Gasteiger partial charge in [-0.2, -0.15) is 0 Å². The van der Waals surface area contributed by atoms with Gasteiger partial charge in [-0.05, 0) is 62.4 Å². The Morgan fingerprint density at radius 3 is 2.29 bits per heavy atom. The van der Waals surface area contributed by atoms with E-state index in [0.29, 0.717) is 5.41 Å². The number of halogens is 1. The predicted molar refractivity (Wildman–Crippen MR) is 76.6 cm³/mol. The molecular weight excluding hydrogens is 232 g/mol. The van der Waals surface area contributed by atoms with Gasteiger partial charge in [0.2, 0.25) is 0 Å². The zero-order chi connectivity index (χ0) is 11.6. The van der Waals surface area contributed by atoms with Crippen LogP contribution in [0.4, 0.5) is 0 Å². The van der Waals surface area contributed by atoms with Crippen molar-refractivity contribution in [3.05, 3.63) is 0 Å². The van der Waals surface area contributed by atoms with Crippen LogP contribution in [0.1, 0.15) is 46.0 Å². The van der Waals surface area contributed by atoms with Crippen molar-refractivity contribution < 1.29 is 0 Å². The molecule has 0 aromatic rings. The molecule has 0 aromatic carbocycles. The molecule has 0 radical (unpaired) electrons. The highest BCUT2D eigenvalue weighted by Gasteiger charge is 2.29. The molecule has 1 saturated carbocycles. The maximum absolute atomic E-state index is 5.74. The number of nitrogens with two attached hydrogens (primary N) is 1. The van der Waals surface area contributed by atoms with E-state index in [1.807, 2.05) is 0 Å². The van der Waals surface area contributed by atoms with Crippen molar-refractivity contribution in [3.63, 3.8) is 0 Å². The fourth-order valence-corrected chi connectivity index (χ4v) is 3.28. The fourth-order valence-electron chi connectivity index (χ4n) is 3.28. The lowest BCUT2D eigenvalue weighted by Crippen LogP contribution is -2.32. The molecule has 0 bridgehead atoms. The van der Waals surface area contributed by atoms with Crippen molar-refractivity contribution in [2.75, 3.05) is 26.2 Å². The Labute approximate surface area is 113 Å². The molecule has 17 heavy (non-hydrogen) atoms. The maximum Gasteiger partial charge on any atom is 0.00223 e. The largest absolute Gasteiger partial charge is 0.330 e. The van der Waals surface area contributed by atoms with Crippen molar-refractivity contribution in [2.24, 2.45) is 23.0 Å². The summed E-state index contributed by atoms with van der Waals surface area (Å²) in [6.07, 6.45) is 7.06. The van der Waals surface area contributed by atoms with Crippen LogP contribution >= 0.6 is 12.4 Å². The minimum atomic E-state index is 0. The number of hydrogen-bond acceptors (Lipinski definition) is 2. The number of rotatable bonds is 3. The number of likely N-dealkylation sites (tertiary alicyclic amines) is 1. The van der Waals surface area contributed by atoms with Crippen LogP contribution in [0.5, 0.6) is 0 Å². The van der Waals surface area contributed by atoms with Crippen molar-refractivity contribution >= 4 is 12.4 Å². The second-order valence-corrected chi connectivity index (χ2v) is 6.76. The highest BCUT2D eigenvalue weighted by atomic mass is 35.5. The molecule has 3 heteroatoms. The van der Waals surface area contributed by atoms with Crippen LogP contribution in [-0.4, -0.2) is 31.1 Å². The van der Waals surface area contributed by atoms with Gasteiger partial charge in [0.1, 0.15) is 0 Å². The van der Waals surface area contributed by atoms with E-state index in [9.17, 15) is 0 Å². The first-order chi connectivity index (χ1) is 7.59. The molecule has 0 aromatic heterocycles. The molecule has 1 atom stereocenters. The summed E-state index contributed by atoms with van der Waals surface area (Å²) in [4.78, 5) is 2.65. The summed E-state index contributed by atoms with van der Waals surface area (Å²) in [6.45, 7) is 9.62. The standard InChI is InChI=1S/C14H28N2.ClH/c1-14(2)6-3-12(4-7-14)10-16-8-5-13(9-15)11-16;/h12-13H,3-11,15H2,1-2H3;1H. The lowest BCUT2D eigenvalue weighted by molar-refractivity contribution is 0.154. The monoisotopic (exact) mass is 260 g/mol. The van der Waals surface area contributed by atoms with Crippen LogP contribution in [0, 0.1) is 17.3 Å². The summed E-state index contributed by atoms with van der Waals surface area (Å²) >= 11 is 0. The van der Waals surface area contributed by atoms with E-state index in [2.05, 4.69) is 18.7 Å². The van der Waals surface area contributed by atoms with Gasteiger partial charge in [0.25, 0.3) is 0 Å². The second-order valence-electron chi connectivity index (χ2n) is 6.76. The van der Waals surface area contributed by atoms with E-state index in [1.54, 1.807) is 0 Å². The third kappa shape index (κ3) is 4.42. The molecule has 2 nitrogen and oxygen atoms in total. The normalized spacial score (nSPS) is 30.2. The quantitative estimate of drug-likeness (QED) is 0.846. The molecule has 1 heterocycles. The molecule has 1 aliphatic carbocycles. The molecule has 2 aliphatic rings. The molecular formula is C14H29ClN2. The van der Waals surface area contributed by atoms with Crippen LogP contribution in [-0.2, 0) is 0 Å². The van der Waals surface area contributed by atoms with Crippen molar-refractivity contribution in [2.45, 2.75) is 46.0 Å². The minimum absolute atomic E-state index is 0. The van der Waals surface area contributed by atoms with Gasteiger partial charge in [0.15, 0.2) is 0 Å². The molecule has 0 amide bonds. The van der Waals surface area contributed by atoms with Gasteiger partial charge in [-0.1, -0.05) is 13.8 Å². The zero-order valence-electron chi connectivity index (χ0n) is 11.5. The third-order valence-electron chi connectivity index (χ3n) is 4.68. The minimum Gasteiger partial charge on any atom is -0.330 e. The van der Waals surface area contributed by atoms with Crippen molar-refractivity contribution in [1.29, 1.82) is 0 Å². The van der Waals surface area contributed by atoms with Gasteiger partial charge in [-0.25, -0.2) is 0 Å². The Kier molecular flexibility index (Phi) is 5.75. The molecule has 0 spiro atoms. The summed E-state index contributed by atoms with van der Waals surface area (Å²) in [5.74, 6) is 1.74. The average Bonchev–Trinajstić information content (AvgIpc) is 2.69. The van der Waals surface area contributed by atoms with Gasteiger partial charge in [0, 0.05) is 13.1 Å². The van der Waals surface area contributed by atoms with E-state index < -0.39 is 0 Å². The molecule has 2 N–H and O–H groups in total. The Morgan fingerprint density at radius 2 is 1.76 bits per heavy atom. The third-order valence-corrected chi connectivity index (χ3v) is 4.68. The second kappa shape index (κ2) is 6.40. The van der Waals surface area contributed by atoms with E-state index in [-0.39, 0.29) is 12.4 Å². The van der Waals surface area contributed by atoms with Gasteiger partial charge < -0.3 is 10.6 Å². The number of hydrogen-bond donors (Lipinski definition) is 1. The fraction of sp³-hybridized carbons (Fsp3) is 1.00. The Hall–Kier alpha value is 0.210. The highest BCUT2D eigenvalue weighted by molar-refractivity contribution is 5.85. The van der Waals surface area contributed by atoms with Crippen molar-refractivity contribution in [3.8, 4) is 0 Å². The van der Waals surface area contributed by atoms with E-state index in [1.165, 1.54) is 51.7 Å². The summed E-state index contributed by atoms with van der Waals surface area (Å²) < 4.78 is 0. The Balaban J connectivity index is 0.00000144. The van der Waals surface area contributed by atoms with Crippen LogP contribution in [0.15, 0.2) is 0 Å².